The molecule has 1 N–H and O–H groups in total. The van der Waals surface area contributed by atoms with E-state index >= 15 is 0 Å². The van der Waals surface area contributed by atoms with Gasteiger partial charge in [-0.3, -0.25) is 4.79 Å². The Bertz CT molecular complexity index is 647. The summed E-state index contributed by atoms with van der Waals surface area (Å²) >= 11 is 0. The van der Waals surface area contributed by atoms with Crippen LogP contribution in [0.5, 0.6) is 0 Å². The van der Waals surface area contributed by atoms with E-state index in [1.165, 1.54) is 0 Å². The zero-order chi connectivity index (χ0) is 16.1. The van der Waals surface area contributed by atoms with E-state index in [4.69, 9.17) is 4.74 Å². The van der Waals surface area contributed by atoms with Crippen molar-refractivity contribution in [3.8, 4) is 0 Å². The van der Waals surface area contributed by atoms with E-state index in [1.54, 1.807) is 29.4 Å². The maximum atomic E-state index is 11.9. The van der Waals surface area contributed by atoms with Crippen LogP contribution in [0.4, 0.5) is 0 Å². The number of carbonyl (C=O) groups excluding carboxylic acids is 1. The monoisotopic (exact) mass is 315 g/mol. The molecule has 0 spiro atoms. The fourth-order valence-corrected chi connectivity index (χ4v) is 2.55. The van der Waals surface area contributed by atoms with Crippen LogP contribution in [0.1, 0.15) is 42.6 Å². The first-order chi connectivity index (χ1) is 11.2. The predicted molar refractivity (Wildman–Crippen MR) is 83.4 cm³/mol. The highest BCUT2D eigenvalue weighted by Crippen LogP contribution is 2.24. The van der Waals surface area contributed by atoms with Crippen LogP contribution >= 0.6 is 0 Å². The van der Waals surface area contributed by atoms with Crippen molar-refractivity contribution in [1.82, 2.24) is 24.8 Å². The summed E-state index contributed by atoms with van der Waals surface area (Å²) in [7, 11) is 0. The molecule has 1 aliphatic heterocycles. The molecule has 0 aromatic carbocycles. The molecule has 122 valence electrons. The lowest BCUT2D eigenvalue weighted by atomic mass is 10.1. The third-order valence-electron chi connectivity index (χ3n) is 3.92. The van der Waals surface area contributed by atoms with Crippen LogP contribution in [0, 0.1) is 6.92 Å². The summed E-state index contributed by atoms with van der Waals surface area (Å²) in [5, 5.41) is 2.86. The lowest BCUT2D eigenvalue weighted by Crippen LogP contribution is -2.27. The molecule has 23 heavy (non-hydrogen) atoms. The van der Waals surface area contributed by atoms with Crippen molar-refractivity contribution in [3.05, 3.63) is 42.0 Å². The second-order valence-corrected chi connectivity index (χ2v) is 5.68. The molecule has 0 saturated carbocycles. The van der Waals surface area contributed by atoms with Crippen molar-refractivity contribution >= 4 is 5.91 Å². The molecule has 3 rings (SSSR count). The van der Waals surface area contributed by atoms with Gasteiger partial charge in [0.1, 0.15) is 18.5 Å². The number of amides is 1. The summed E-state index contributed by atoms with van der Waals surface area (Å²) in [6.45, 7) is 3.33. The lowest BCUT2D eigenvalue weighted by Gasteiger charge is -2.21. The highest BCUT2D eigenvalue weighted by Gasteiger charge is 2.18. The number of carbonyl (C=O) groups is 1. The number of aryl methyl sites for hydroxylation is 1. The van der Waals surface area contributed by atoms with E-state index in [0.29, 0.717) is 6.54 Å². The molecule has 0 radical (unpaired) electrons. The van der Waals surface area contributed by atoms with Gasteiger partial charge in [0.25, 0.3) is 0 Å². The Kier molecular flexibility index (Phi) is 4.97. The van der Waals surface area contributed by atoms with Gasteiger partial charge in [0.2, 0.25) is 5.91 Å². The average molecular weight is 315 g/mol. The van der Waals surface area contributed by atoms with Crippen LogP contribution in [0.15, 0.2) is 24.8 Å². The van der Waals surface area contributed by atoms with Crippen LogP contribution < -0.4 is 5.32 Å². The molecule has 2 aromatic rings. The number of nitrogens with one attached hydrogen (secondary N) is 1. The largest absolute Gasteiger partial charge is 0.370 e. The Hall–Kier alpha value is -2.28. The molecule has 2 aromatic heterocycles. The molecule has 7 heteroatoms. The van der Waals surface area contributed by atoms with Gasteiger partial charge in [0.05, 0.1) is 0 Å². The van der Waals surface area contributed by atoms with Crippen molar-refractivity contribution in [1.29, 1.82) is 0 Å². The van der Waals surface area contributed by atoms with Gasteiger partial charge in [-0.15, -0.1) is 0 Å². The number of ether oxygens (including phenoxy) is 1. The summed E-state index contributed by atoms with van der Waals surface area (Å²) in [6, 6.07) is 0. The van der Waals surface area contributed by atoms with Crippen molar-refractivity contribution in [2.45, 2.75) is 45.4 Å². The number of imidazole rings is 1. The molecule has 1 aliphatic rings. The van der Waals surface area contributed by atoms with E-state index in [0.717, 1.165) is 43.1 Å². The van der Waals surface area contributed by atoms with Gasteiger partial charge >= 0.3 is 0 Å². The first-order valence-electron chi connectivity index (χ1n) is 7.89. The molecule has 1 amide bonds. The summed E-state index contributed by atoms with van der Waals surface area (Å²) in [4.78, 5) is 24.8. The first kappa shape index (κ1) is 15.6. The third-order valence-corrected chi connectivity index (χ3v) is 3.92. The fraction of sp³-hybridized carbons (Fsp3) is 0.500. The molecule has 7 nitrogen and oxygen atoms in total. The quantitative estimate of drug-likeness (QED) is 0.905. The van der Waals surface area contributed by atoms with E-state index in [2.05, 4.69) is 20.3 Å². The lowest BCUT2D eigenvalue weighted by molar-refractivity contribution is -0.121. The van der Waals surface area contributed by atoms with Crippen LogP contribution in [-0.4, -0.2) is 32.0 Å². The maximum absolute atomic E-state index is 11.9. The Labute approximate surface area is 135 Å². The standard InChI is InChI=1S/C16H21N5O2/c1-12-17-5-6-21(12)11-15(22)18-8-13-9-19-16(20-10-13)14-4-2-3-7-23-14/h5-6,9-10,14H,2-4,7-8,11H2,1H3,(H,18,22). The van der Waals surface area contributed by atoms with Crippen LogP contribution in [0.2, 0.25) is 0 Å². The average Bonchev–Trinajstić information content (AvgIpc) is 2.99. The van der Waals surface area contributed by atoms with Crippen LogP contribution in [0.25, 0.3) is 0 Å². The number of rotatable bonds is 5. The van der Waals surface area contributed by atoms with Gasteiger partial charge in [-0.1, -0.05) is 0 Å². The zero-order valence-corrected chi connectivity index (χ0v) is 13.2. The molecular weight excluding hydrogens is 294 g/mol. The highest BCUT2D eigenvalue weighted by molar-refractivity contribution is 5.75. The topological polar surface area (TPSA) is 81.9 Å². The minimum absolute atomic E-state index is 0.0107. The smallest absolute Gasteiger partial charge is 0.240 e. The van der Waals surface area contributed by atoms with E-state index in [-0.39, 0.29) is 18.6 Å². The van der Waals surface area contributed by atoms with Crippen LogP contribution in [-0.2, 0) is 22.6 Å². The molecule has 1 saturated heterocycles. The second-order valence-electron chi connectivity index (χ2n) is 5.68. The Morgan fingerprint density at radius 1 is 1.35 bits per heavy atom. The fourth-order valence-electron chi connectivity index (χ4n) is 2.55. The summed E-state index contributed by atoms with van der Waals surface area (Å²) < 4.78 is 7.47. The molecule has 3 heterocycles. The number of hydrogen-bond donors (Lipinski definition) is 1. The van der Waals surface area contributed by atoms with E-state index < -0.39 is 0 Å². The summed E-state index contributed by atoms with van der Waals surface area (Å²) in [5.41, 5.74) is 0.875. The Morgan fingerprint density at radius 2 is 2.17 bits per heavy atom. The summed E-state index contributed by atoms with van der Waals surface area (Å²) in [6.07, 6.45) is 10.2. The summed E-state index contributed by atoms with van der Waals surface area (Å²) in [5.74, 6) is 1.49. The molecule has 0 bridgehead atoms. The molecule has 1 atom stereocenters. The van der Waals surface area contributed by atoms with Gasteiger partial charge in [0.15, 0.2) is 5.82 Å². The highest BCUT2D eigenvalue weighted by atomic mass is 16.5. The Balaban J connectivity index is 1.50. The van der Waals surface area contributed by atoms with Crippen molar-refractivity contribution in [3.63, 3.8) is 0 Å². The van der Waals surface area contributed by atoms with Gasteiger partial charge in [0, 0.05) is 43.5 Å². The van der Waals surface area contributed by atoms with Crippen LogP contribution in [0.3, 0.4) is 0 Å². The van der Waals surface area contributed by atoms with E-state index in [9.17, 15) is 4.79 Å². The molecule has 1 fully saturated rings. The second kappa shape index (κ2) is 7.32. The van der Waals surface area contributed by atoms with E-state index in [1.807, 2.05) is 6.92 Å². The van der Waals surface area contributed by atoms with Gasteiger partial charge in [-0.2, -0.15) is 0 Å². The SMILES string of the molecule is Cc1nccn1CC(=O)NCc1cnc(C2CCCCO2)nc1. The van der Waals surface area contributed by atoms with Gasteiger partial charge < -0.3 is 14.6 Å². The van der Waals surface area contributed by atoms with Crippen molar-refractivity contribution < 1.29 is 9.53 Å². The third kappa shape index (κ3) is 4.13. The Morgan fingerprint density at radius 3 is 2.83 bits per heavy atom. The number of aromatic nitrogens is 4. The van der Waals surface area contributed by atoms with Gasteiger partial charge in [-0.25, -0.2) is 15.0 Å². The minimum Gasteiger partial charge on any atom is -0.370 e. The molecular formula is C16H21N5O2. The van der Waals surface area contributed by atoms with Gasteiger partial charge in [-0.05, 0) is 26.2 Å². The molecule has 0 aliphatic carbocycles. The first-order valence-corrected chi connectivity index (χ1v) is 7.89. The van der Waals surface area contributed by atoms with Crippen molar-refractivity contribution in [2.24, 2.45) is 0 Å². The number of hydrogen-bond acceptors (Lipinski definition) is 5. The zero-order valence-electron chi connectivity index (χ0n) is 13.2. The molecule has 1 unspecified atom stereocenters. The minimum atomic E-state index is -0.0641. The number of nitrogens with zero attached hydrogens (tertiary/aromatic N) is 4. The predicted octanol–water partition coefficient (Wildman–Crippen LogP) is 1.54. The normalized spacial score (nSPS) is 17.9. The van der Waals surface area contributed by atoms with Crippen molar-refractivity contribution in [2.75, 3.05) is 6.61 Å². The maximum Gasteiger partial charge on any atom is 0.240 e.